The van der Waals surface area contributed by atoms with Crippen molar-refractivity contribution in [1.29, 1.82) is 0 Å². The number of hydrogen-bond acceptors (Lipinski definition) is 0. The first kappa shape index (κ1) is 30.9. The number of hydrogen-bond donors (Lipinski definition) is 0. The van der Waals surface area contributed by atoms with Crippen molar-refractivity contribution in [2.75, 3.05) is 0 Å². The second kappa shape index (κ2) is 18.2. The van der Waals surface area contributed by atoms with E-state index < -0.39 is 4.33 Å². The molecule has 0 fully saturated rings. The summed E-state index contributed by atoms with van der Waals surface area (Å²) in [7, 11) is 0. The Morgan fingerprint density at radius 1 is 0.676 bits per heavy atom. The van der Waals surface area contributed by atoms with Crippen molar-refractivity contribution in [1.82, 2.24) is 0 Å². The maximum atomic E-state index is 6.35. The van der Waals surface area contributed by atoms with Gasteiger partial charge in [-0.15, -0.1) is 12.8 Å². The van der Waals surface area contributed by atoms with Crippen molar-refractivity contribution in [3.8, 4) is 0 Å². The van der Waals surface area contributed by atoms with Crippen LogP contribution in [-0.2, 0) is 30.5 Å². The molecule has 34 heavy (non-hydrogen) atoms. The average Bonchev–Trinajstić information content (AvgIpc) is 3.58. The number of unbranched alkanes of at least 4 members (excludes halogenated alkanes) is 2. The van der Waals surface area contributed by atoms with E-state index in [1.807, 2.05) is 60.7 Å². The Kier molecular flexibility index (Phi) is 16.5. The van der Waals surface area contributed by atoms with Crippen molar-refractivity contribution < 1.29 is 26.2 Å². The van der Waals surface area contributed by atoms with Gasteiger partial charge < -0.3 is 0 Å². The Balaban J connectivity index is 0.000000266. The molecular formula is C31H36Cl2Zr. The number of halogens is 2. The van der Waals surface area contributed by atoms with E-state index in [4.69, 9.17) is 23.2 Å². The van der Waals surface area contributed by atoms with E-state index in [0.717, 1.165) is 24.0 Å². The molecule has 0 heterocycles. The van der Waals surface area contributed by atoms with Gasteiger partial charge in [0.2, 0.25) is 0 Å². The minimum absolute atomic E-state index is 0. The van der Waals surface area contributed by atoms with E-state index in [0.29, 0.717) is 0 Å². The summed E-state index contributed by atoms with van der Waals surface area (Å²) in [6.07, 6.45) is 25.1. The molecule has 2 aliphatic carbocycles. The van der Waals surface area contributed by atoms with Crippen LogP contribution in [0.4, 0.5) is 0 Å². The molecule has 0 N–H and O–H groups in total. The van der Waals surface area contributed by atoms with E-state index in [1.54, 1.807) is 0 Å². The molecule has 2 aromatic carbocycles. The average molecular weight is 571 g/mol. The van der Waals surface area contributed by atoms with Gasteiger partial charge in [-0.25, -0.2) is 23.3 Å². The van der Waals surface area contributed by atoms with Gasteiger partial charge in [0.15, 0.2) is 4.33 Å². The van der Waals surface area contributed by atoms with E-state index in [2.05, 4.69) is 50.3 Å². The van der Waals surface area contributed by atoms with Crippen molar-refractivity contribution in [2.24, 2.45) is 0 Å². The second-order valence-corrected chi connectivity index (χ2v) is 9.46. The summed E-state index contributed by atoms with van der Waals surface area (Å²) in [5, 5.41) is 0. The molecule has 0 spiro atoms. The van der Waals surface area contributed by atoms with Crippen molar-refractivity contribution >= 4 is 23.2 Å². The van der Waals surface area contributed by atoms with Gasteiger partial charge in [0.05, 0.1) is 0 Å². The molecule has 2 aliphatic rings. The summed E-state index contributed by atoms with van der Waals surface area (Å²) in [5.41, 5.74) is 4.60. The van der Waals surface area contributed by atoms with Crippen LogP contribution in [0, 0.1) is 12.2 Å². The van der Waals surface area contributed by atoms with Crippen LogP contribution in [0.5, 0.6) is 0 Å². The van der Waals surface area contributed by atoms with Crippen LogP contribution in [0.3, 0.4) is 0 Å². The van der Waals surface area contributed by atoms with Crippen LogP contribution < -0.4 is 0 Å². The molecule has 0 aromatic heterocycles. The molecule has 0 saturated heterocycles. The van der Waals surface area contributed by atoms with Crippen molar-refractivity contribution in [3.05, 3.63) is 119 Å². The maximum Gasteiger partial charge on any atom is 2.00 e. The zero-order valence-electron chi connectivity index (χ0n) is 20.5. The molecule has 0 aliphatic heterocycles. The normalized spacial score (nSPS) is 13.6. The topological polar surface area (TPSA) is 0 Å². The van der Waals surface area contributed by atoms with Gasteiger partial charge in [0.1, 0.15) is 0 Å². The standard InChI is InChI=1S/C13H10Cl2.2C9H13.Zr/c14-13(15,11-7-3-1-4-8-11)12-9-5-2-6-10-12;2*1-2-3-6-9-7-4-5-8-9;/h1-10H;2*4,7H,2-3,5-6H2,1H3;/q;2*-1;+2. The summed E-state index contributed by atoms with van der Waals surface area (Å²) in [6.45, 7) is 4.44. The van der Waals surface area contributed by atoms with Gasteiger partial charge in [-0.05, 0) is 11.1 Å². The fraction of sp³-hybridized carbons (Fsp3) is 0.355. The van der Waals surface area contributed by atoms with Crippen LogP contribution >= 0.6 is 23.2 Å². The molecule has 0 radical (unpaired) electrons. The van der Waals surface area contributed by atoms with Crippen LogP contribution in [0.25, 0.3) is 0 Å². The van der Waals surface area contributed by atoms with E-state index in [9.17, 15) is 0 Å². The van der Waals surface area contributed by atoms with E-state index in [1.165, 1.54) is 49.7 Å². The minimum Gasteiger partial charge on any atom is -0.269 e. The van der Waals surface area contributed by atoms with Gasteiger partial charge >= 0.3 is 26.2 Å². The van der Waals surface area contributed by atoms with Crippen LogP contribution in [0.15, 0.2) is 96.1 Å². The van der Waals surface area contributed by atoms with Gasteiger partial charge in [0.25, 0.3) is 0 Å². The number of allylic oxidation sites excluding steroid dienone is 8. The van der Waals surface area contributed by atoms with E-state index >= 15 is 0 Å². The van der Waals surface area contributed by atoms with Crippen LogP contribution in [-0.4, -0.2) is 0 Å². The zero-order chi connectivity index (χ0) is 23.8. The third-order valence-electron chi connectivity index (χ3n) is 5.40. The van der Waals surface area contributed by atoms with E-state index in [-0.39, 0.29) is 26.2 Å². The number of alkyl halides is 2. The molecule has 3 heteroatoms. The minimum atomic E-state index is -0.970. The summed E-state index contributed by atoms with van der Waals surface area (Å²) in [4.78, 5) is 0. The molecule has 0 atom stereocenters. The Morgan fingerprint density at radius 2 is 1.06 bits per heavy atom. The molecule has 0 saturated carbocycles. The first-order valence-corrected chi connectivity index (χ1v) is 12.8. The Morgan fingerprint density at radius 3 is 1.35 bits per heavy atom. The van der Waals surface area contributed by atoms with Gasteiger partial charge in [-0.2, -0.15) is 12.2 Å². The fourth-order valence-electron chi connectivity index (χ4n) is 3.44. The van der Waals surface area contributed by atoms with Crippen LogP contribution in [0.2, 0.25) is 0 Å². The summed E-state index contributed by atoms with van der Waals surface area (Å²) in [5.74, 6) is 0. The van der Waals surface area contributed by atoms with Crippen molar-refractivity contribution in [3.63, 3.8) is 0 Å². The molecule has 0 unspecified atom stereocenters. The largest absolute Gasteiger partial charge is 2.00 e. The third-order valence-corrected chi connectivity index (χ3v) is 6.28. The summed E-state index contributed by atoms with van der Waals surface area (Å²) in [6, 6.07) is 19.3. The second-order valence-electron chi connectivity index (χ2n) is 8.13. The maximum absolute atomic E-state index is 6.35. The Labute approximate surface area is 237 Å². The Bertz CT molecular complexity index is 833. The molecule has 4 rings (SSSR count). The predicted molar refractivity (Wildman–Crippen MR) is 145 cm³/mol. The van der Waals surface area contributed by atoms with Crippen LogP contribution in [0.1, 0.15) is 76.3 Å². The van der Waals surface area contributed by atoms with Gasteiger partial charge in [0, 0.05) is 0 Å². The molecule has 2 aromatic rings. The molecule has 0 nitrogen and oxygen atoms in total. The Hall–Kier alpha value is -1.14. The molecule has 178 valence electrons. The smallest absolute Gasteiger partial charge is 0.269 e. The molecule has 0 amide bonds. The van der Waals surface area contributed by atoms with Crippen molar-refractivity contribution in [2.45, 2.75) is 69.5 Å². The van der Waals surface area contributed by atoms with Gasteiger partial charge in [-0.1, -0.05) is 136 Å². The van der Waals surface area contributed by atoms with Gasteiger partial charge in [-0.3, -0.25) is 12.2 Å². The number of rotatable bonds is 8. The number of benzene rings is 2. The quantitative estimate of drug-likeness (QED) is 0.219. The summed E-state index contributed by atoms with van der Waals surface area (Å²) >= 11 is 12.7. The molecule has 0 bridgehead atoms. The monoisotopic (exact) mass is 568 g/mol. The first-order chi connectivity index (χ1) is 16.1. The molecular weight excluding hydrogens is 534 g/mol. The third kappa shape index (κ3) is 11.5. The fourth-order valence-corrected chi connectivity index (χ4v) is 3.94. The SMILES string of the molecule is CCCCC1=[C-]CC=C1.CCCCC1=[C-]CC=C1.ClC(Cl)(c1ccccc1)c1ccccc1.[Zr+2]. The predicted octanol–water partition coefficient (Wildman–Crippen LogP) is 10.1. The summed E-state index contributed by atoms with van der Waals surface area (Å²) < 4.78 is -0.970. The zero-order valence-corrected chi connectivity index (χ0v) is 24.5. The first-order valence-electron chi connectivity index (χ1n) is 12.1.